The number of carbonyl (C=O) groups is 1. The van der Waals surface area contributed by atoms with Crippen molar-refractivity contribution in [3.05, 3.63) is 58.7 Å². The van der Waals surface area contributed by atoms with Gasteiger partial charge in [-0.05, 0) is 73.4 Å². The molecule has 0 aromatic heterocycles. The molecule has 1 atom stereocenters. The van der Waals surface area contributed by atoms with Gasteiger partial charge in [0, 0.05) is 0 Å². The maximum Gasteiger partial charge on any atom is 0.241 e. The number of ether oxygens (including phenoxy) is 1. The van der Waals surface area contributed by atoms with E-state index in [1.54, 1.807) is 12.1 Å². The number of benzene rings is 2. The van der Waals surface area contributed by atoms with E-state index in [-0.39, 0.29) is 18.5 Å². The Kier molecular flexibility index (Phi) is 7.26. The average Bonchev–Trinajstić information content (AvgIpc) is 2.74. The van der Waals surface area contributed by atoms with Gasteiger partial charge >= 0.3 is 0 Å². The van der Waals surface area contributed by atoms with Crippen LogP contribution in [0, 0.1) is 6.92 Å². The Morgan fingerprint density at radius 3 is 2.48 bits per heavy atom. The van der Waals surface area contributed by atoms with Gasteiger partial charge in [0.25, 0.3) is 0 Å². The summed E-state index contributed by atoms with van der Waals surface area (Å²) in [5, 5.41) is 3.03. The van der Waals surface area contributed by atoms with E-state index in [4.69, 9.17) is 4.74 Å². The highest BCUT2D eigenvalue weighted by Crippen LogP contribution is 2.31. The van der Waals surface area contributed by atoms with Crippen LogP contribution >= 0.6 is 0 Å². The second-order valence-corrected chi connectivity index (χ2v) is 10.1. The quantitative estimate of drug-likeness (QED) is 0.670. The summed E-state index contributed by atoms with van der Waals surface area (Å²) < 4.78 is 31.5. The number of hydrogen-bond donors (Lipinski definition) is 1. The lowest BCUT2D eigenvalue weighted by Gasteiger charge is -2.26. The van der Waals surface area contributed by atoms with Crippen molar-refractivity contribution in [2.45, 2.75) is 52.0 Å². The first-order valence-electron chi connectivity index (χ1n) is 10.8. The lowest BCUT2D eigenvalue weighted by molar-refractivity contribution is -0.120. The first-order valence-corrected chi connectivity index (χ1v) is 12.6. The smallest absolute Gasteiger partial charge is 0.241 e. The number of nitrogens with one attached hydrogen (secondary N) is 1. The molecule has 0 spiro atoms. The van der Waals surface area contributed by atoms with Crippen LogP contribution in [0.2, 0.25) is 0 Å². The molecule has 31 heavy (non-hydrogen) atoms. The zero-order valence-electron chi connectivity index (χ0n) is 18.8. The molecule has 7 heteroatoms. The number of rotatable bonds is 8. The molecular formula is C24H32N2O4S. The van der Waals surface area contributed by atoms with E-state index in [1.807, 2.05) is 19.9 Å². The van der Waals surface area contributed by atoms with Crippen LogP contribution in [0.25, 0.3) is 0 Å². The van der Waals surface area contributed by atoms with E-state index in [9.17, 15) is 13.2 Å². The summed E-state index contributed by atoms with van der Waals surface area (Å²) in [4.78, 5) is 12.9. The third-order valence-electron chi connectivity index (χ3n) is 5.81. The van der Waals surface area contributed by atoms with Crippen LogP contribution in [0.1, 0.15) is 54.5 Å². The SMILES string of the molecule is CC[C@H](NC(=O)CN(c1cc(C)ccc1OC)S(C)(=O)=O)c1ccc2c(c1)CCCC2. The van der Waals surface area contributed by atoms with Gasteiger partial charge in [0.1, 0.15) is 12.3 Å². The Bertz CT molecular complexity index is 1050. The summed E-state index contributed by atoms with van der Waals surface area (Å²) in [6.45, 7) is 3.58. The fourth-order valence-electron chi connectivity index (χ4n) is 4.14. The molecule has 0 radical (unpaired) electrons. The van der Waals surface area contributed by atoms with Crippen LogP contribution in [-0.2, 0) is 27.7 Å². The number of fused-ring (bicyclic) bond motifs is 1. The zero-order valence-corrected chi connectivity index (χ0v) is 19.6. The second kappa shape index (κ2) is 9.73. The number of sulfonamides is 1. The number of methoxy groups -OCH3 is 1. The fraction of sp³-hybridized carbons (Fsp3) is 0.458. The third-order valence-corrected chi connectivity index (χ3v) is 6.94. The average molecular weight is 445 g/mol. The van der Waals surface area contributed by atoms with Crippen molar-refractivity contribution in [2.24, 2.45) is 0 Å². The molecule has 1 aliphatic rings. The third kappa shape index (κ3) is 5.58. The fourth-order valence-corrected chi connectivity index (χ4v) is 4.99. The van der Waals surface area contributed by atoms with Crippen LogP contribution in [0.5, 0.6) is 5.75 Å². The van der Waals surface area contributed by atoms with E-state index >= 15 is 0 Å². The van der Waals surface area contributed by atoms with Crippen molar-refractivity contribution in [1.82, 2.24) is 5.32 Å². The summed E-state index contributed by atoms with van der Waals surface area (Å²) in [5.41, 5.74) is 5.06. The molecule has 168 valence electrons. The predicted octanol–water partition coefficient (Wildman–Crippen LogP) is 3.92. The topological polar surface area (TPSA) is 75.7 Å². The molecule has 2 aromatic rings. The molecule has 0 unspecified atom stereocenters. The number of aryl methyl sites for hydroxylation is 3. The van der Waals surface area contributed by atoms with Gasteiger partial charge in [0.05, 0.1) is 25.1 Å². The lowest BCUT2D eigenvalue weighted by Crippen LogP contribution is -2.41. The van der Waals surface area contributed by atoms with Gasteiger partial charge in [0.15, 0.2) is 0 Å². The number of hydrogen-bond acceptors (Lipinski definition) is 4. The van der Waals surface area contributed by atoms with Gasteiger partial charge in [-0.2, -0.15) is 0 Å². The lowest BCUT2D eigenvalue weighted by atomic mass is 9.89. The minimum absolute atomic E-state index is 0.166. The van der Waals surface area contributed by atoms with Crippen LogP contribution in [-0.4, -0.2) is 34.2 Å². The summed E-state index contributed by atoms with van der Waals surface area (Å²) >= 11 is 0. The Morgan fingerprint density at radius 1 is 1.13 bits per heavy atom. The molecule has 0 heterocycles. The minimum atomic E-state index is -3.69. The minimum Gasteiger partial charge on any atom is -0.495 e. The maximum atomic E-state index is 12.9. The molecule has 0 fully saturated rings. The monoisotopic (exact) mass is 444 g/mol. The molecular weight excluding hydrogens is 412 g/mol. The van der Waals surface area contributed by atoms with E-state index in [0.29, 0.717) is 11.4 Å². The molecule has 6 nitrogen and oxygen atoms in total. The number of nitrogens with zero attached hydrogens (tertiary/aromatic N) is 1. The molecule has 0 saturated heterocycles. The van der Waals surface area contributed by atoms with Crippen LogP contribution < -0.4 is 14.4 Å². The highest BCUT2D eigenvalue weighted by atomic mass is 32.2. The predicted molar refractivity (Wildman–Crippen MR) is 124 cm³/mol. The molecule has 3 rings (SSSR count). The van der Waals surface area contributed by atoms with Crippen molar-refractivity contribution in [3.8, 4) is 5.75 Å². The Morgan fingerprint density at radius 2 is 1.84 bits per heavy atom. The summed E-state index contributed by atoms with van der Waals surface area (Å²) in [5.74, 6) is 0.0594. The molecule has 0 saturated carbocycles. The van der Waals surface area contributed by atoms with E-state index in [1.165, 1.54) is 31.1 Å². The summed E-state index contributed by atoms with van der Waals surface area (Å²) in [6.07, 6.45) is 6.42. The van der Waals surface area contributed by atoms with E-state index in [2.05, 4.69) is 23.5 Å². The second-order valence-electron chi connectivity index (χ2n) is 8.21. The van der Waals surface area contributed by atoms with Gasteiger partial charge in [0.2, 0.25) is 15.9 Å². The molecule has 0 aliphatic heterocycles. The Hall–Kier alpha value is -2.54. The first kappa shape index (κ1) is 23.1. The normalized spacial score (nSPS) is 14.5. The van der Waals surface area contributed by atoms with Gasteiger partial charge < -0.3 is 10.1 Å². The van der Waals surface area contributed by atoms with Crippen molar-refractivity contribution in [3.63, 3.8) is 0 Å². The van der Waals surface area contributed by atoms with Crippen molar-refractivity contribution in [2.75, 3.05) is 24.2 Å². The standard InChI is InChI=1S/C24H32N2O4S/c1-5-21(20-12-11-18-8-6-7-9-19(18)15-20)25-24(27)16-26(31(4,28)29)22-14-17(2)10-13-23(22)30-3/h10-15,21H,5-9,16H2,1-4H3,(H,25,27)/t21-/m0/s1. The Balaban J connectivity index is 1.81. The summed E-state index contributed by atoms with van der Waals surface area (Å²) in [7, 11) is -2.21. The van der Waals surface area contributed by atoms with Crippen LogP contribution in [0.15, 0.2) is 36.4 Å². The highest BCUT2D eigenvalue weighted by molar-refractivity contribution is 7.92. The molecule has 2 aromatic carbocycles. The molecule has 1 N–H and O–H groups in total. The van der Waals surface area contributed by atoms with Gasteiger partial charge in [-0.25, -0.2) is 8.42 Å². The maximum absolute atomic E-state index is 12.9. The van der Waals surface area contributed by atoms with E-state index < -0.39 is 10.0 Å². The molecule has 1 amide bonds. The first-order chi connectivity index (χ1) is 14.7. The van der Waals surface area contributed by atoms with Crippen molar-refractivity contribution in [1.29, 1.82) is 0 Å². The number of amides is 1. The summed E-state index contributed by atoms with van der Waals surface area (Å²) in [6, 6.07) is 11.5. The van der Waals surface area contributed by atoms with Crippen molar-refractivity contribution < 1.29 is 17.9 Å². The molecule has 1 aliphatic carbocycles. The largest absolute Gasteiger partial charge is 0.495 e. The zero-order chi connectivity index (χ0) is 22.6. The number of carbonyl (C=O) groups excluding carboxylic acids is 1. The van der Waals surface area contributed by atoms with Crippen molar-refractivity contribution >= 4 is 21.6 Å². The molecule has 0 bridgehead atoms. The van der Waals surface area contributed by atoms with Gasteiger partial charge in [-0.1, -0.05) is 31.2 Å². The van der Waals surface area contributed by atoms with E-state index in [0.717, 1.165) is 41.0 Å². The van der Waals surface area contributed by atoms with Crippen LogP contribution in [0.3, 0.4) is 0 Å². The van der Waals surface area contributed by atoms with Gasteiger partial charge in [-0.3, -0.25) is 9.10 Å². The Labute approximate surface area is 185 Å². The van der Waals surface area contributed by atoms with Gasteiger partial charge in [-0.15, -0.1) is 0 Å². The number of anilines is 1. The van der Waals surface area contributed by atoms with Crippen LogP contribution in [0.4, 0.5) is 5.69 Å². The highest BCUT2D eigenvalue weighted by Gasteiger charge is 2.25.